The van der Waals surface area contributed by atoms with Gasteiger partial charge in [-0.05, 0) is 53.6 Å². The van der Waals surface area contributed by atoms with E-state index in [1.54, 1.807) is 0 Å². The molecular weight excluding hydrogens is 380 g/mol. The zero-order valence-electron chi connectivity index (χ0n) is 17.5. The molecule has 0 bridgehead atoms. The van der Waals surface area contributed by atoms with E-state index in [0.717, 1.165) is 60.9 Å². The molecule has 0 saturated carbocycles. The van der Waals surface area contributed by atoms with E-state index < -0.39 is 5.54 Å². The van der Waals surface area contributed by atoms with Gasteiger partial charge in [-0.25, -0.2) is 4.98 Å². The summed E-state index contributed by atoms with van der Waals surface area (Å²) < 4.78 is 10.9. The van der Waals surface area contributed by atoms with Crippen molar-refractivity contribution in [3.8, 4) is 22.6 Å². The lowest BCUT2D eigenvalue weighted by atomic mass is 9.86. The molecule has 1 aromatic carbocycles. The zero-order chi connectivity index (χ0) is 20.8. The second-order valence-corrected chi connectivity index (χ2v) is 9.24. The minimum Gasteiger partial charge on any atom is -0.454 e. The Hall–Kier alpha value is -2.80. The number of pyridine rings is 1. The van der Waals surface area contributed by atoms with Crippen LogP contribution in [0.3, 0.4) is 0 Å². The van der Waals surface area contributed by atoms with Crippen molar-refractivity contribution < 1.29 is 14.3 Å². The number of nitrogens with one attached hydrogen (secondary N) is 2. The summed E-state index contributed by atoms with van der Waals surface area (Å²) in [7, 11) is 0. The first-order valence-corrected chi connectivity index (χ1v) is 10.6. The summed E-state index contributed by atoms with van der Waals surface area (Å²) in [6.07, 6.45) is 3.38. The number of benzene rings is 1. The normalized spacial score (nSPS) is 21.9. The first kappa shape index (κ1) is 19.2. The van der Waals surface area contributed by atoms with Gasteiger partial charge in [-0.15, -0.1) is 0 Å². The number of hydrogen-bond donors (Lipinski definition) is 2. The summed E-state index contributed by atoms with van der Waals surface area (Å²) in [5.41, 5.74) is 1.75. The molecule has 158 valence electrons. The van der Waals surface area contributed by atoms with E-state index in [4.69, 9.17) is 9.47 Å². The third kappa shape index (κ3) is 3.47. The van der Waals surface area contributed by atoms with Crippen LogP contribution in [0.15, 0.2) is 36.5 Å². The Bertz CT molecular complexity index is 967. The molecule has 2 N–H and O–H groups in total. The molecule has 2 saturated heterocycles. The average Bonchev–Trinajstić information content (AvgIpc) is 3.21. The fraction of sp³-hybridized carbons (Fsp3) is 0.478. The van der Waals surface area contributed by atoms with Crippen LogP contribution in [-0.4, -0.2) is 49.4 Å². The van der Waals surface area contributed by atoms with Crippen LogP contribution in [0.4, 0.5) is 5.82 Å². The second-order valence-electron chi connectivity index (χ2n) is 9.24. The number of fused-ring (bicyclic) bond motifs is 1. The third-order valence-electron chi connectivity index (χ3n) is 6.46. The molecule has 0 radical (unpaired) electrons. The van der Waals surface area contributed by atoms with Gasteiger partial charge in [0.25, 0.3) is 0 Å². The number of ether oxygens (including phenoxy) is 2. The molecule has 7 heteroatoms. The molecule has 0 unspecified atom stereocenters. The van der Waals surface area contributed by atoms with E-state index in [1.807, 2.05) is 30.5 Å². The lowest BCUT2D eigenvalue weighted by Crippen LogP contribution is -2.60. The van der Waals surface area contributed by atoms with E-state index >= 15 is 0 Å². The van der Waals surface area contributed by atoms with Crippen LogP contribution >= 0.6 is 0 Å². The smallest absolute Gasteiger partial charge is 0.240 e. The Labute approximate surface area is 176 Å². The zero-order valence-corrected chi connectivity index (χ0v) is 17.5. The molecule has 2 fully saturated rings. The van der Waals surface area contributed by atoms with Crippen LogP contribution in [0.2, 0.25) is 0 Å². The van der Waals surface area contributed by atoms with Crippen molar-refractivity contribution in [3.63, 3.8) is 0 Å². The number of amides is 1. The molecule has 3 aliphatic heterocycles. The van der Waals surface area contributed by atoms with Crippen molar-refractivity contribution in [2.45, 2.75) is 32.2 Å². The van der Waals surface area contributed by atoms with Crippen molar-refractivity contribution in [1.29, 1.82) is 0 Å². The number of carbonyl (C=O) groups excluding carboxylic acids is 1. The highest BCUT2D eigenvalue weighted by atomic mass is 16.7. The Kier molecular flexibility index (Phi) is 4.58. The van der Waals surface area contributed by atoms with Crippen LogP contribution in [0, 0.1) is 5.41 Å². The molecule has 0 aliphatic carbocycles. The van der Waals surface area contributed by atoms with Gasteiger partial charge in [0.05, 0.1) is 0 Å². The van der Waals surface area contributed by atoms with Crippen molar-refractivity contribution in [3.05, 3.63) is 36.5 Å². The van der Waals surface area contributed by atoms with E-state index in [2.05, 4.69) is 40.4 Å². The SMILES string of the molecule is CC1(C)CNC(=O)C2(CCN(c3cc(-c4ccc5c(c4)OCO5)ccn3)CC2)NC1. The van der Waals surface area contributed by atoms with Gasteiger partial charge in [-0.2, -0.15) is 0 Å². The Morgan fingerprint density at radius 3 is 2.60 bits per heavy atom. The van der Waals surface area contributed by atoms with E-state index in [9.17, 15) is 4.79 Å². The average molecular weight is 409 g/mol. The molecule has 1 aromatic heterocycles. The molecule has 7 nitrogen and oxygen atoms in total. The molecule has 30 heavy (non-hydrogen) atoms. The molecule has 1 amide bonds. The monoisotopic (exact) mass is 408 g/mol. The fourth-order valence-corrected chi connectivity index (χ4v) is 4.41. The standard InChI is InChI=1S/C23H28N4O3/c1-22(2)13-25-21(28)23(26-14-22)6-9-27(10-7-23)20-12-17(5-8-24-20)16-3-4-18-19(11-16)30-15-29-18/h3-5,8,11-12,26H,6-7,9-10,13-15H2,1-2H3,(H,25,28). The maximum absolute atomic E-state index is 12.8. The number of hydrogen-bond acceptors (Lipinski definition) is 6. The Morgan fingerprint density at radius 1 is 1.00 bits per heavy atom. The van der Waals surface area contributed by atoms with Gasteiger partial charge >= 0.3 is 0 Å². The minimum absolute atomic E-state index is 0.0663. The van der Waals surface area contributed by atoms with E-state index in [-0.39, 0.29) is 18.1 Å². The van der Waals surface area contributed by atoms with Crippen LogP contribution < -0.4 is 25.0 Å². The van der Waals surface area contributed by atoms with Gasteiger partial charge in [0, 0.05) is 32.4 Å². The van der Waals surface area contributed by atoms with Crippen molar-refractivity contribution >= 4 is 11.7 Å². The molecule has 1 spiro atoms. The minimum atomic E-state index is -0.473. The van der Waals surface area contributed by atoms with Gasteiger partial charge in [0.15, 0.2) is 11.5 Å². The number of nitrogens with zero attached hydrogens (tertiary/aromatic N) is 2. The van der Waals surface area contributed by atoms with Gasteiger partial charge in [0.2, 0.25) is 12.7 Å². The topological polar surface area (TPSA) is 75.7 Å². The van der Waals surface area contributed by atoms with Gasteiger partial charge in [0.1, 0.15) is 11.4 Å². The van der Waals surface area contributed by atoms with Crippen LogP contribution in [-0.2, 0) is 4.79 Å². The summed E-state index contributed by atoms with van der Waals surface area (Å²) in [4.78, 5) is 19.7. The van der Waals surface area contributed by atoms with Gasteiger partial charge < -0.3 is 25.0 Å². The van der Waals surface area contributed by atoms with Crippen LogP contribution in [0.1, 0.15) is 26.7 Å². The largest absolute Gasteiger partial charge is 0.454 e. The van der Waals surface area contributed by atoms with E-state index in [0.29, 0.717) is 6.54 Å². The summed E-state index contributed by atoms with van der Waals surface area (Å²) in [5.74, 6) is 2.63. The summed E-state index contributed by atoms with van der Waals surface area (Å²) in [5, 5.41) is 6.73. The quantitative estimate of drug-likeness (QED) is 0.796. The maximum Gasteiger partial charge on any atom is 0.240 e. The molecule has 0 atom stereocenters. The summed E-state index contributed by atoms with van der Waals surface area (Å²) in [6, 6.07) is 10.1. The molecular formula is C23H28N4O3. The fourth-order valence-electron chi connectivity index (χ4n) is 4.41. The number of rotatable bonds is 2. The summed E-state index contributed by atoms with van der Waals surface area (Å²) >= 11 is 0. The second kappa shape index (κ2) is 7.16. The van der Waals surface area contributed by atoms with Crippen LogP contribution in [0.5, 0.6) is 11.5 Å². The van der Waals surface area contributed by atoms with Crippen molar-refractivity contribution in [2.24, 2.45) is 5.41 Å². The Morgan fingerprint density at radius 2 is 1.77 bits per heavy atom. The molecule has 4 heterocycles. The number of piperidine rings is 1. The molecule has 3 aliphatic rings. The Balaban J connectivity index is 1.32. The highest BCUT2D eigenvalue weighted by molar-refractivity contribution is 5.87. The highest BCUT2D eigenvalue weighted by Crippen LogP contribution is 2.37. The molecule has 2 aromatic rings. The van der Waals surface area contributed by atoms with E-state index in [1.165, 1.54) is 0 Å². The predicted octanol–water partition coefficient (Wildman–Crippen LogP) is 2.56. The lowest BCUT2D eigenvalue weighted by molar-refractivity contribution is -0.127. The van der Waals surface area contributed by atoms with Gasteiger partial charge in [-0.3, -0.25) is 4.79 Å². The van der Waals surface area contributed by atoms with Crippen LogP contribution in [0.25, 0.3) is 11.1 Å². The highest BCUT2D eigenvalue weighted by Gasteiger charge is 2.44. The number of carbonyl (C=O) groups is 1. The first-order chi connectivity index (χ1) is 14.4. The lowest BCUT2D eigenvalue weighted by Gasteiger charge is -2.41. The predicted molar refractivity (Wildman–Crippen MR) is 115 cm³/mol. The third-order valence-corrected chi connectivity index (χ3v) is 6.46. The van der Waals surface area contributed by atoms with Crippen molar-refractivity contribution in [2.75, 3.05) is 37.9 Å². The number of aromatic nitrogens is 1. The first-order valence-electron chi connectivity index (χ1n) is 10.6. The summed E-state index contributed by atoms with van der Waals surface area (Å²) in [6.45, 7) is 7.76. The maximum atomic E-state index is 12.8. The van der Waals surface area contributed by atoms with Gasteiger partial charge in [-0.1, -0.05) is 19.9 Å². The number of anilines is 1. The van der Waals surface area contributed by atoms with Crippen molar-refractivity contribution in [1.82, 2.24) is 15.6 Å². The molecule has 5 rings (SSSR count).